The molecule has 0 aliphatic rings. The molecule has 1 aromatic rings. The summed E-state index contributed by atoms with van der Waals surface area (Å²) in [4.78, 5) is 14.9. The van der Waals surface area contributed by atoms with E-state index >= 15 is 0 Å². The predicted octanol–water partition coefficient (Wildman–Crippen LogP) is 1.81. The van der Waals surface area contributed by atoms with Gasteiger partial charge in [0, 0.05) is 12.4 Å². The Kier molecular flexibility index (Phi) is 3.47. The third-order valence-electron chi connectivity index (χ3n) is 1.26. The first kappa shape index (κ1) is 9.75. The minimum absolute atomic E-state index is 0.325. The van der Waals surface area contributed by atoms with Crippen molar-refractivity contribution >= 4 is 27.5 Å². The molecule has 0 aliphatic carbocycles. The number of amides is 1. The zero-order chi connectivity index (χ0) is 9.68. The normalized spacial score (nSPS) is 8.46. The van der Waals surface area contributed by atoms with Gasteiger partial charge in [0.15, 0.2) is 0 Å². The summed E-state index contributed by atoms with van der Waals surface area (Å²) in [5.41, 5.74) is 0.669. The molecule has 0 spiro atoms. The largest absolute Gasteiger partial charge is 0.314 e. The molecule has 13 heavy (non-hydrogen) atoms. The van der Waals surface area contributed by atoms with E-state index in [4.69, 9.17) is 0 Å². The summed E-state index contributed by atoms with van der Waals surface area (Å²) < 4.78 is 0.737. The number of nitrogens with zero attached hydrogens (tertiary/aromatic N) is 1. The van der Waals surface area contributed by atoms with Crippen LogP contribution in [0.2, 0.25) is 0 Å². The molecule has 0 fully saturated rings. The molecule has 0 saturated heterocycles. The maximum atomic E-state index is 11.0. The number of carbonyl (C=O) groups excluding carboxylic acids is 1. The minimum atomic E-state index is -0.325. The molecule has 0 atom stereocenters. The zero-order valence-electron chi connectivity index (χ0n) is 6.97. The number of anilines is 1. The Morgan fingerprint density at radius 2 is 2.46 bits per heavy atom. The molecule has 4 heteroatoms. The number of nitrogens with one attached hydrogen (secondary N) is 1. The molecule has 1 heterocycles. The molecule has 0 bridgehead atoms. The van der Waals surface area contributed by atoms with Crippen LogP contribution in [0.4, 0.5) is 5.69 Å². The van der Waals surface area contributed by atoms with E-state index in [2.05, 4.69) is 38.1 Å². The van der Waals surface area contributed by atoms with E-state index in [1.165, 1.54) is 0 Å². The van der Waals surface area contributed by atoms with Gasteiger partial charge in [0.2, 0.25) is 0 Å². The Morgan fingerprint density at radius 3 is 3.08 bits per heavy atom. The van der Waals surface area contributed by atoms with Crippen molar-refractivity contribution in [3.8, 4) is 11.8 Å². The molecular formula is C9H7BrN2O. The van der Waals surface area contributed by atoms with Crippen LogP contribution in [-0.2, 0) is 4.79 Å². The zero-order valence-corrected chi connectivity index (χ0v) is 8.55. The number of hydrogen-bond donors (Lipinski definition) is 1. The van der Waals surface area contributed by atoms with Crippen molar-refractivity contribution in [2.24, 2.45) is 0 Å². The van der Waals surface area contributed by atoms with Crippen molar-refractivity contribution in [2.45, 2.75) is 6.92 Å². The van der Waals surface area contributed by atoms with Crippen LogP contribution in [0.25, 0.3) is 0 Å². The summed E-state index contributed by atoms with van der Waals surface area (Å²) in [7, 11) is 0. The molecule has 66 valence electrons. The smallest absolute Gasteiger partial charge is 0.300 e. The Balaban J connectivity index is 2.78. The highest BCUT2D eigenvalue weighted by Gasteiger charge is 2.00. The van der Waals surface area contributed by atoms with Crippen molar-refractivity contribution in [1.29, 1.82) is 0 Å². The van der Waals surface area contributed by atoms with Crippen molar-refractivity contribution in [3.63, 3.8) is 0 Å². The fourth-order valence-electron chi connectivity index (χ4n) is 0.744. The number of aromatic nitrogens is 1. The summed E-state index contributed by atoms with van der Waals surface area (Å²) in [6.07, 6.45) is 3.20. The number of rotatable bonds is 1. The Bertz CT molecular complexity index is 379. The van der Waals surface area contributed by atoms with E-state index in [0.717, 1.165) is 4.47 Å². The fraction of sp³-hybridized carbons (Fsp3) is 0.111. The van der Waals surface area contributed by atoms with Crippen LogP contribution in [0.3, 0.4) is 0 Å². The lowest BCUT2D eigenvalue weighted by Crippen LogP contribution is -2.08. The van der Waals surface area contributed by atoms with Gasteiger partial charge in [0.25, 0.3) is 5.91 Å². The molecular weight excluding hydrogens is 232 g/mol. The summed E-state index contributed by atoms with van der Waals surface area (Å²) in [5, 5.41) is 2.61. The standard InChI is InChI=1S/C9H7BrN2O/c1-2-3-9(13)12-8-4-5-11-6-7(8)10/h4-6H,1H3,(H,11,12,13). The van der Waals surface area contributed by atoms with E-state index in [1.54, 1.807) is 25.4 Å². The first-order valence-electron chi connectivity index (χ1n) is 3.57. The summed E-state index contributed by atoms with van der Waals surface area (Å²) in [6, 6.07) is 1.69. The van der Waals surface area contributed by atoms with Crippen LogP contribution in [0.5, 0.6) is 0 Å². The van der Waals surface area contributed by atoms with Gasteiger partial charge in [-0.25, -0.2) is 0 Å². The molecule has 1 rings (SSSR count). The summed E-state index contributed by atoms with van der Waals surface area (Å²) in [5.74, 6) is 4.57. The average Bonchev–Trinajstić information content (AvgIpc) is 2.09. The second-order valence-corrected chi connectivity index (χ2v) is 3.04. The van der Waals surface area contributed by atoms with Gasteiger partial charge >= 0.3 is 0 Å². The maximum absolute atomic E-state index is 11.0. The minimum Gasteiger partial charge on any atom is -0.314 e. The molecule has 1 aromatic heterocycles. The Morgan fingerprint density at radius 1 is 1.69 bits per heavy atom. The lowest BCUT2D eigenvalue weighted by molar-refractivity contribution is -0.111. The third-order valence-corrected chi connectivity index (χ3v) is 1.89. The monoisotopic (exact) mass is 238 g/mol. The summed E-state index contributed by atoms with van der Waals surface area (Å²) >= 11 is 3.25. The number of hydrogen-bond acceptors (Lipinski definition) is 2. The van der Waals surface area contributed by atoms with Crippen LogP contribution in [0.15, 0.2) is 22.9 Å². The fourth-order valence-corrected chi connectivity index (χ4v) is 1.09. The number of pyridine rings is 1. The van der Waals surface area contributed by atoms with Crippen LogP contribution >= 0.6 is 15.9 Å². The quantitative estimate of drug-likeness (QED) is 0.759. The van der Waals surface area contributed by atoms with Gasteiger partial charge in [-0.15, -0.1) is 0 Å². The van der Waals surface area contributed by atoms with Gasteiger partial charge in [0.1, 0.15) is 0 Å². The molecule has 1 amide bonds. The molecule has 1 N–H and O–H groups in total. The average molecular weight is 239 g/mol. The maximum Gasteiger partial charge on any atom is 0.300 e. The first-order valence-corrected chi connectivity index (χ1v) is 4.36. The third kappa shape index (κ3) is 2.88. The van der Waals surface area contributed by atoms with Gasteiger partial charge < -0.3 is 5.32 Å². The topological polar surface area (TPSA) is 42.0 Å². The van der Waals surface area contributed by atoms with Crippen LogP contribution < -0.4 is 5.32 Å². The van der Waals surface area contributed by atoms with Gasteiger partial charge in [-0.05, 0) is 34.8 Å². The number of carbonyl (C=O) groups is 1. The van der Waals surface area contributed by atoms with Crippen LogP contribution in [0.1, 0.15) is 6.92 Å². The van der Waals surface area contributed by atoms with Gasteiger partial charge in [-0.3, -0.25) is 9.78 Å². The van der Waals surface area contributed by atoms with Gasteiger partial charge in [-0.2, -0.15) is 0 Å². The number of halogens is 1. The molecule has 0 unspecified atom stereocenters. The van der Waals surface area contributed by atoms with Crippen LogP contribution in [-0.4, -0.2) is 10.9 Å². The predicted molar refractivity (Wildman–Crippen MR) is 54.0 cm³/mol. The molecule has 0 saturated carbocycles. The van der Waals surface area contributed by atoms with Crippen molar-refractivity contribution < 1.29 is 4.79 Å². The molecule has 0 aromatic carbocycles. The summed E-state index contributed by atoms with van der Waals surface area (Å²) in [6.45, 7) is 1.61. The van der Waals surface area contributed by atoms with Gasteiger partial charge in [-0.1, -0.05) is 5.92 Å². The molecule has 0 aliphatic heterocycles. The first-order chi connectivity index (χ1) is 6.24. The Labute approximate surface area is 84.7 Å². The van der Waals surface area contributed by atoms with E-state index in [0.29, 0.717) is 5.69 Å². The molecule has 0 radical (unpaired) electrons. The van der Waals surface area contributed by atoms with E-state index in [-0.39, 0.29) is 5.91 Å². The SMILES string of the molecule is CC#CC(=O)Nc1ccncc1Br. The van der Waals surface area contributed by atoms with E-state index < -0.39 is 0 Å². The lowest BCUT2D eigenvalue weighted by atomic mass is 10.4. The van der Waals surface area contributed by atoms with Crippen LogP contribution in [0, 0.1) is 11.8 Å². The van der Waals surface area contributed by atoms with Crippen molar-refractivity contribution in [2.75, 3.05) is 5.32 Å². The van der Waals surface area contributed by atoms with Crippen molar-refractivity contribution in [3.05, 3.63) is 22.9 Å². The second kappa shape index (κ2) is 4.63. The van der Waals surface area contributed by atoms with Crippen molar-refractivity contribution in [1.82, 2.24) is 4.98 Å². The highest BCUT2D eigenvalue weighted by atomic mass is 79.9. The van der Waals surface area contributed by atoms with E-state index in [1.807, 2.05) is 0 Å². The van der Waals surface area contributed by atoms with Gasteiger partial charge in [0.05, 0.1) is 10.2 Å². The molecule has 3 nitrogen and oxygen atoms in total. The second-order valence-electron chi connectivity index (χ2n) is 2.18. The Hall–Kier alpha value is -1.34. The highest BCUT2D eigenvalue weighted by molar-refractivity contribution is 9.10. The van der Waals surface area contributed by atoms with E-state index in [9.17, 15) is 4.79 Å². The lowest BCUT2D eigenvalue weighted by Gasteiger charge is -2.01. The highest BCUT2D eigenvalue weighted by Crippen LogP contribution is 2.19.